The molecule has 1 fully saturated rings. The van der Waals surface area contributed by atoms with E-state index in [1.54, 1.807) is 67.4 Å². The first kappa shape index (κ1) is 97.4. The third-order valence-electron chi connectivity index (χ3n) is 19.3. The normalized spacial score (nSPS) is 15.4. The number of carboxylic acids is 3. The number of piperidine rings is 1. The number of likely N-dealkylation sites (tertiary alicyclic amines) is 1. The molecule has 0 radical (unpaired) electrons. The lowest BCUT2D eigenvalue weighted by atomic mass is 9.93. The minimum Gasteiger partial charge on any atom is -0.508 e. The number of aromatic nitrogens is 1. The number of carbonyl (C=O) groups is 13. The molecule has 33 nitrogen and oxygen atoms in total. The van der Waals surface area contributed by atoms with Gasteiger partial charge in [-0.25, -0.2) is 29.6 Å². The minimum atomic E-state index is -1.52. The molecule has 1 aliphatic heterocycles. The van der Waals surface area contributed by atoms with Gasteiger partial charge in [-0.1, -0.05) is 138 Å². The van der Waals surface area contributed by atoms with Gasteiger partial charge in [0.1, 0.15) is 48.9 Å². The number of aliphatic carboxylic acids is 3. The van der Waals surface area contributed by atoms with Gasteiger partial charge in [-0.15, -0.1) is 11.3 Å². The van der Waals surface area contributed by atoms with Crippen LogP contribution in [0.2, 0.25) is 0 Å². The predicted octanol–water partition coefficient (Wildman–Crippen LogP) is 7.29. The van der Waals surface area contributed by atoms with Gasteiger partial charge in [-0.2, -0.15) is 0 Å². The predicted molar refractivity (Wildman–Crippen MR) is 435 cm³/mol. The number of urea groups is 2. The number of aromatic hydroxyl groups is 1. The number of ether oxygens (including phenoxy) is 2. The number of carbonyl (C=O) groups excluding carboxylic acids is 10. The Hall–Kier alpha value is -9.00. The summed E-state index contributed by atoms with van der Waals surface area (Å²) in [5.74, 6) is -7.54. The second kappa shape index (κ2) is 53.2. The highest BCUT2D eigenvalue weighted by atomic mass is 33.1. The van der Waals surface area contributed by atoms with Crippen LogP contribution in [0.15, 0.2) is 53.9 Å². The zero-order valence-corrected chi connectivity index (χ0v) is 69.9. The highest BCUT2D eigenvalue weighted by Crippen LogP contribution is 2.26. The molecular formula is C78H122N14O19S3. The Morgan fingerprint density at radius 3 is 2.04 bits per heavy atom. The average Bonchev–Trinajstić information content (AvgIpc) is 0.948. The monoisotopic (exact) mass is 1650 g/mol. The van der Waals surface area contributed by atoms with Crippen LogP contribution in [-0.2, 0) is 78.4 Å². The standard InChI is InChI=1S/C78H122N14O19S3/c1-11-13-14-15-20-37-110-47-92(74(104)68(49(5)12-2)88-73(103)63-22-17-19-36-91(63)10)62(48(3)4)32-33-65-86-61(46-112-65)72(102)84-57(41-54-27-29-58(93)30-28-54)40-50(6)69(99)89-90-78(109)111-38-39-113-114-45-52(8)81-70(100)53(9)83-71(101)60(43-67(97)98)85-64(94)42-55-23-25-56(26-24-55)44-80-76(107)79-35-18-16-21-51(7)82-77(108)87-59(75(105)106)31-34-66(95)96/h23-30,46,48-53,57,59-60,62-63,68,93H,11-22,31-45,47H2,1-10H3,(H,81,100)(H,83,101)(H,84,102)(H,85,94)(H,88,103)(H,89,99)(H,90,109)(H,95,96)(H,97,98)(H,105,106)(H2,79,80,107)(H2,82,87,108)/t49?,50?,51-,52-,53+,57-,59+,60?,62-,63?,68?/m1/s1. The maximum Gasteiger partial charge on any atom is 0.426 e. The summed E-state index contributed by atoms with van der Waals surface area (Å²) in [5, 5.41) is 64.3. The molecule has 15 N–H and O–H groups in total. The highest BCUT2D eigenvalue weighted by molar-refractivity contribution is 8.76. The summed E-state index contributed by atoms with van der Waals surface area (Å²) in [5.41, 5.74) is 6.82. The van der Waals surface area contributed by atoms with Crippen molar-refractivity contribution >= 4 is 110 Å². The van der Waals surface area contributed by atoms with E-state index < -0.39 is 121 Å². The number of hydrazine groups is 1. The van der Waals surface area contributed by atoms with Gasteiger partial charge in [0, 0.05) is 79.5 Å². The van der Waals surface area contributed by atoms with E-state index in [0.29, 0.717) is 79.3 Å². The van der Waals surface area contributed by atoms with E-state index in [1.807, 2.05) is 20.9 Å². The van der Waals surface area contributed by atoms with Crippen molar-refractivity contribution in [1.82, 2.24) is 73.5 Å². The van der Waals surface area contributed by atoms with Gasteiger partial charge in [-0.05, 0) is 139 Å². The molecule has 0 bridgehead atoms. The second-order valence-corrected chi connectivity index (χ2v) is 33.0. The van der Waals surface area contributed by atoms with Crippen molar-refractivity contribution in [2.24, 2.45) is 17.8 Å². The van der Waals surface area contributed by atoms with Crippen LogP contribution < -0.4 is 58.7 Å². The van der Waals surface area contributed by atoms with Gasteiger partial charge < -0.3 is 82.7 Å². The molecule has 636 valence electrons. The number of aryl methyl sites for hydroxylation is 1. The van der Waals surface area contributed by atoms with E-state index in [0.717, 1.165) is 63.5 Å². The third kappa shape index (κ3) is 38.4. The molecule has 0 aliphatic carbocycles. The van der Waals surface area contributed by atoms with Crippen molar-refractivity contribution in [3.8, 4) is 5.75 Å². The molecule has 1 aromatic heterocycles. The molecule has 114 heavy (non-hydrogen) atoms. The maximum absolute atomic E-state index is 14.9. The Morgan fingerprint density at radius 1 is 0.675 bits per heavy atom. The lowest BCUT2D eigenvalue weighted by Crippen LogP contribution is -2.59. The molecule has 12 amide bonds. The number of hydrogen-bond donors (Lipinski definition) is 15. The van der Waals surface area contributed by atoms with Crippen LogP contribution in [0.3, 0.4) is 0 Å². The molecule has 36 heteroatoms. The quantitative estimate of drug-likeness (QED) is 0.0114. The van der Waals surface area contributed by atoms with Crippen LogP contribution in [0.25, 0.3) is 0 Å². The number of unbranched alkanes of at least 4 members (excludes halogenated alkanes) is 5. The number of thiazole rings is 1. The molecule has 4 rings (SSSR count). The number of phenolic OH excluding ortho intramolecular Hbond substituents is 1. The first-order chi connectivity index (χ1) is 54.3. The number of amides is 12. The number of rotatable bonds is 53. The fraction of sp³-hybridized carbons (Fsp3) is 0.641. The van der Waals surface area contributed by atoms with E-state index in [4.69, 9.17) is 19.6 Å². The summed E-state index contributed by atoms with van der Waals surface area (Å²) in [6.45, 7) is 18.6. The second-order valence-electron chi connectivity index (χ2n) is 29.4. The molecule has 0 spiro atoms. The summed E-state index contributed by atoms with van der Waals surface area (Å²) >= 11 is 1.33. The van der Waals surface area contributed by atoms with Gasteiger partial charge in [0.15, 0.2) is 0 Å². The van der Waals surface area contributed by atoms with Gasteiger partial charge in [0.2, 0.25) is 35.4 Å². The van der Waals surface area contributed by atoms with Crippen molar-refractivity contribution < 1.29 is 92.2 Å². The molecule has 2 heterocycles. The molecular weight excluding hydrogens is 1530 g/mol. The van der Waals surface area contributed by atoms with Crippen LogP contribution in [-0.4, -0.2) is 219 Å². The van der Waals surface area contributed by atoms with Gasteiger partial charge in [0.25, 0.3) is 5.91 Å². The van der Waals surface area contributed by atoms with Crippen molar-refractivity contribution in [3.05, 3.63) is 81.3 Å². The largest absolute Gasteiger partial charge is 0.508 e. The van der Waals surface area contributed by atoms with E-state index in [9.17, 15) is 77.6 Å². The zero-order chi connectivity index (χ0) is 84.2. The molecule has 0 saturated carbocycles. The summed E-state index contributed by atoms with van der Waals surface area (Å²) < 4.78 is 11.5. The number of carboxylic acid groups (broad SMARTS) is 3. The van der Waals surface area contributed by atoms with Gasteiger partial charge in [-0.3, -0.25) is 53.5 Å². The van der Waals surface area contributed by atoms with Crippen molar-refractivity contribution in [1.29, 1.82) is 0 Å². The maximum atomic E-state index is 14.9. The zero-order valence-electron chi connectivity index (χ0n) is 67.4. The Labute approximate surface area is 680 Å². The van der Waals surface area contributed by atoms with E-state index in [2.05, 4.69) is 84.4 Å². The smallest absolute Gasteiger partial charge is 0.426 e. The van der Waals surface area contributed by atoms with E-state index >= 15 is 0 Å². The topological polar surface area (TPSA) is 473 Å². The molecule has 5 unspecified atom stereocenters. The Bertz CT molecular complexity index is 3540. The Morgan fingerprint density at radius 2 is 1.38 bits per heavy atom. The number of hydrogen-bond acceptors (Lipinski definition) is 21. The fourth-order valence-electron chi connectivity index (χ4n) is 12.4. The third-order valence-corrected chi connectivity index (χ3v) is 22.7. The minimum absolute atomic E-state index is 0.00620. The summed E-state index contributed by atoms with van der Waals surface area (Å²) in [4.78, 5) is 176. The Balaban J connectivity index is 1.18. The first-order valence-electron chi connectivity index (χ1n) is 39.4. The van der Waals surface area contributed by atoms with Crippen LogP contribution in [0.1, 0.15) is 204 Å². The van der Waals surface area contributed by atoms with E-state index in [1.165, 1.54) is 52.0 Å². The lowest BCUT2D eigenvalue weighted by Gasteiger charge is -2.39. The first-order valence-corrected chi connectivity index (χ1v) is 42.8. The molecule has 3 aromatic rings. The summed E-state index contributed by atoms with van der Waals surface area (Å²) in [6, 6.07) is 5.19. The van der Waals surface area contributed by atoms with Gasteiger partial charge >= 0.3 is 36.1 Å². The molecule has 11 atom stereocenters. The number of phenols is 1. The van der Waals surface area contributed by atoms with Crippen LogP contribution in [0, 0.1) is 17.8 Å². The number of likely N-dealkylation sites (N-methyl/N-ethyl adjacent to an activating group) is 1. The fourth-order valence-corrected chi connectivity index (χ4v) is 15.3. The molecule has 1 saturated heterocycles. The lowest BCUT2D eigenvalue weighted by molar-refractivity contribution is -0.148. The van der Waals surface area contributed by atoms with Crippen molar-refractivity contribution in [2.45, 2.75) is 252 Å². The SMILES string of the molecule is CCCCCCCOCN(C(=O)C(NC(=O)C1CCCCN1C)C(C)CC)[C@H](CCc1nc(C(=O)N[C@@H](Cc2ccc(O)cc2)CC(C)C(=O)NNC(=O)OCCSSC[C@@H](C)NC(=O)[C@H](C)NC(=O)C(CC(=O)O)NC(=O)Cc2ccc(CNC(=O)NCCCC[C@@H](C)NC(=O)N[C@@H](CCC(=O)O)C(=O)O)cc2)cs1)C(C)C. The highest BCUT2D eigenvalue weighted by Gasteiger charge is 2.38. The van der Waals surface area contributed by atoms with Gasteiger partial charge in [0.05, 0.1) is 23.9 Å². The van der Waals surface area contributed by atoms with Crippen molar-refractivity contribution in [2.75, 3.05) is 51.6 Å². The van der Waals surface area contributed by atoms with Crippen molar-refractivity contribution in [3.63, 3.8) is 0 Å². The van der Waals surface area contributed by atoms with Crippen LogP contribution >= 0.6 is 32.9 Å². The molecule has 2 aromatic carbocycles. The summed E-state index contributed by atoms with van der Waals surface area (Å²) in [7, 11) is 4.65. The molecule has 1 aliphatic rings. The number of benzene rings is 2. The number of nitrogens with zero attached hydrogens (tertiary/aromatic N) is 3. The number of nitrogens with one attached hydrogen (secondary N) is 11. The van der Waals surface area contributed by atoms with Crippen LogP contribution in [0.4, 0.5) is 14.4 Å². The Kier molecular flexibility index (Phi) is 45.4. The van der Waals surface area contributed by atoms with E-state index in [-0.39, 0.29) is 98.8 Å². The van der Waals surface area contributed by atoms with Crippen LogP contribution in [0.5, 0.6) is 5.75 Å². The summed E-state index contributed by atoms with van der Waals surface area (Å²) in [6.07, 6.45) is 9.09. The average molecular weight is 1660 g/mol.